The first-order valence-electron chi connectivity index (χ1n) is 10.9. The molecule has 0 aliphatic carbocycles. The van der Waals surface area contributed by atoms with Gasteiger partial charge >= 0.3 is 0 Å². The van der Waals surface area contributed by atoms with Crippen LogP contribution in [0, 0.1) is 11.6 Å². The van der Waals surface area contributed by atoms with Gasteiger partial charge in [0.1, 0.15) is 11.6 Å². The van der Waals surface area contributed by atoms with Crippen molar-refractivity contribution < 1.29 is 18.4 Å². The van der Waals surface area contributed by atoms with E-state index in [0.717, 1.165) is 6.20 Å². The van der Waals surface area contributed by atoms with Crippen molar-refractivity contribution in [3.63, 3.8) is 0 Å². The zero-order chi connectivity index (χ0) is 24.5. The Labute approximate surface area is 203 Å². The summed E-state index contributed by atoms with van der Waals surface area (Å²) >= 11 is 1.36. The van der Waals surface area contributed by atoms with Gasteiger partial charge in [-0.3, -0.25) is 14.6 Å². The molecular weight excluding hydrogens is 474 g/mol. The Hall–Kier alpha value is -3.99. The highest BCUT2D eigenvalue weighted by Gasteiger charge is 2.34. The van der Waals surface area contributed by atoms with E-state index in [2.05, 4.69) is 25.6 Å². The van der Waals surface area contributed by atoms with Crippen LogP contribution in [-0.2, 0) is 0 Å². The molecule has 3 aromatic heterocycles. The van der Waals surface area contributed by atoms with Crippen LogP contribution in [0.3, 0.4) is 0 Å². The smallest absolute Gasteiger partial charge is 0.274 e. The number of nitrogens with one attached hydrogen (secondary N) is 2. The van der Waals surface area contributed by atoms with Crippen LogP contribution >= 0.6 is 11.3 Å². The van der Waals surface area contributed by atoms with E-state index in [1.807, 2.05) is 12.3 Å². The van der Waals surface area contributed by atoms with Crippen LogP contribution in [0.5, 0.6) is 0 Å². The lowest BCUT2D eigenvalue weighted by Gasteiger charge is -2.39. The Balaban J connectivity index is 1.29. The van der Waals surface area contributed by atoms with Crippen LogP contribution in [-0.4, -0.2) is 50.8 Å². The van der Waals surface area contributed by atoms with Crippen molar-refractivity contribution >= 4 is 39.3 Å². The lowest BCUT2D eigenvalue weighted by Crippen LogP contribution is -2.61. The van der Waals surface area contributed by atoms with Crippen LogP contribution in [0.15, 0.2) is 54.2 Å². The molecule has 4 aromatic rings. The summed E-state index contributed by atoms with van der Waals surface area (Å²) in [4.78, 5) is 39.9. The SMILES string of the molecule is C[C@H](Nc1nc(C(=O)N2CC(NC(=O)c3ccccc3F)C2)c2sccc2n1)c1cncc(F)c1. The molecule has 5 rings (SSSR count). The van der Waals surface area contributed by atoms with Crippen molar-refractivity contribution in [2.24, 2.45) is 0 Å². The highest BCUT2D eigenvalue weighted by Crippen LogP contribution is 2.27. The molecule has 35 heavy (non-hydrogen) atoms. The lowest BCUT2D eigenvalue weighted by molar-refractivity contribution is 0.0538. The number of rotatable bonds is 6. The van der Waals surface area contributed by atoms with E-state index >= 15 is 0 Å². The molecule has 2 N–H and O–H groups in total. The molecule has 1 atom stereocenters. The predicted octanol–water partition coefficient (Wildman–Crippen LogP) is 3.79. The number of amides is 2. The fraction of sp³-hybridized carbons (Fsp3) is 0.208. The van der Waals surface area contributed by atoms with E-state index < -0.39 is 17.5 Å². The second-order valence-electron chi connectivity index (χ2n) is 8.19. The maximum Gasteiger partial charge on any atom is 0.274 e. The molecule has 1 fully saturated rings. The third-order valence-electron chi connectivity index (χ3n) is 5.70. The molecule has 0 spiro atoms. The van der Waals surface area contributed by atoms with Crippen molar-refractivity contribution in [2.75, 3.05) is 18.4 Å². The fourth-order valence-electron chi connectivity index (χ4n) is 3.81. The Kier molecular flexibility index (Phi) is 6.08. The van der Waals surface area contributed by atoms with Gasteiger partial charge in [-0.2, -0.15) is 0 Å². The molecule has 4 heterocycles. The van der Waals surface area contributed by atoms with Crippen molar-refractivity contribution in [3.05, 3.63) is 82.6 Å². The summed E-state index contributed by atoms with van der Waals surface area (Å²) in [6.07, 6.45) is 2.67. The first kappa shape index (κ1) is 22.8. The van der Waals surface area contributed by atoms with Gasteiger partial charge in [0.15, 0.2) is 5.69 Å². The van der Waals surface area contributed by atoms with Gasteiger partial charge in [-0.05, 0) is 42.1 Å². The first-order chi connectivity index (χ1) is 16.9. The maximum absolute atomic E-state index is 13.8. The van der Waals surface area contributed by atoms with Gasteiger partial charge in [-0.15, -0.1) is 11.3 Å². The molecule has 1 saturated heterocycles. The topological polar surface area (TPSA) is 100 Å². The molecule has 0 saturated carbocycles. The Morgan fingerprint density at radius 1 is 1.14 bits per heavy atom. The Bertz CT molecular complexity index is 1420. The van der Waals surface area contributed by atoms with Crippen LogP contribution in [0.1, 0.15) is 39.4 Å². The number of likely N-dealkylation sites (tertiary alicyclic amines) is 1. The Morgan fingerprint density at radius 3 is 2.71 bits per heavy atom. The summed E-state index contributed by atoms with van der Waals surface area (Å²) in [5, 5.41) is 7.69. The van der Waals surface area contributed by atoms with Crippen molar-refractivity contribution in [1.29, 1.82) is 0 Å². The fourth-order valence-corrected chi connectivity index (χ4v) is 4.62. The summed E-state index contributed by atoms with van der Waals surface area (Å²) in [6.45, 7) is 2.38. The molecule has 2 amide bonds. The van der Waals surface area contributed by atoms with Crippen LogP contribution < -0.4 is 10.6 Å². The summed E-state index contributed by atoms with van der Waals surface area (Å²) in [5.74, 6) is -1.62. The quantitative estimate of drug-likeness (QED) is 0.423. The molecular formula is C24H20F2N6O2S. The highest BCUT2D eigenvalue weighted by atomic mass is 32.1. The van der Waals surface area contributed by atoms with E-state index in [9.17, 15) is 18.4 Å². The van der Waals surface area contributed by atoms with Gasteiger partial charge in [0, 0.05) is 19.3 Å². The monoisotopic (exact) mass is 494 g/mol. The van der Waals surface area contributed by atoms with Crippen LogP contribution in [0.2, 0.25) is 0 Å². The highest BCUT2D eigenvalue weighted by molar-refractivity contribution is 7.17. The average molecular weight is 495 g/mol. The van der Waals surface area contributed by atoms with Gasteiger partial charge in [0.05, 0.1) is 34.1 Å². The van der Waals surface area contributed by atoms with Gasteiger partial charge in [-0.25, -0.2) is 18.7 Å². The second-order valence-corrected chi connectivity index (χ2v) is 9.11. The molecule has 1 aliphatic heterocycles. The molecule has 178 valence electrons. The standard InChI is InChI=1S/C24H20F2N6O2S/c1-13(14-8-15(25)10-27-9-14)28-24-30-19-6-7-35-21(19)20(31-24)23(34)32-11-16(12-32)29-22(33)17-4-2-3-5-18(17)26/h2-10,13,16H,11-12H2,1H3,(H,29,33)(H,28,30,31)/t13-/m0/s1. The lowest BCUT2D eigenvalue weighted by atomic mass is 10.1. The van der Waals surface area contributed by atoms with E-state index in [1.54, 1.807) is 23.2 Å². The predicted molar refractivity (Wildman–Crippen MR) is 127 cm³/mol. The number of carbonyl (C=O) groups excluding carboxylic acids is 2. The minimum atomic E-state index is -0.596. The largest absolute Gasteiger partial charge is 0.348 e. The van der Waals surface area contributed by atoms with Gasteiger partial charge in [-0.1, -0.05) is 12.1 Å². The maximum atomic E-state index is 13.8. The Morgan fingerprint density at radius 2 is 1.94 bits per heavy atom. The number of nitrogens with zero attached hydrogens (tertiary/aromatic N) is 4. The third-order valence-corrected chi connectivity index (χ3v) is 6.61. The van der Waals surface area contributed by atoms with E-state index in [-0.39, 0.29) is 48.3 Å². The summed E-state index contributed by atoms with van der Waals surface area (Å²) < 4.78 is 28.0. The van der Waals surface area contributed by atoms with Crippen LogP contribution in [0.4, 0.5) is 14.7 Å². The number of pyridine rings is 1. The van der Waals surface area contributed by atoms with Crippen molar-refractivity contribution in [3.8, 4) is 0 Å². The zero-order valence-corrected chi connectivity index (χ0v) is 19.4. The summed E-state index contributed by atoms with van der Waals surface area (Å²) in [5.41, 5.74) is 1.44. The van der Waals surface area contributed by atoms with E-state index in [4.69, 9.17) is 0 Å². The molecule has 1 aliphatic rings. The van der Waals surface area contributed by atoms with E-state index in [1.165, 1.54) is 35.6 Å². The average Bonchev–Trinajstić information content (AvgIpc) is 3.29. The van der Waals surface area contributed by atoms with Crippen molar-refractivity contribution in [2.45, 2.75) is 19.0 Å². The summed E-state index contributed by atoms with van der Waals surface area (Å²) in [7, 11) is 0. The number of anilines is 1. The molecule has 11 heteroatoms. The number of hydrogen-bond acceptors (Lipinski definition) is 7. The number of carbonyl (C=O) groups is 2. The molecule has 0 radical (unpaired) electrons. The van der Waals surface area contributed by atoms with Crippen molar-refractivity contribution in [1.82, 2.24) is 25.2 Å². The number of benzene rings is 1. The molecule has 8 nitrogen and oxygen atoms in total. The number of halogens is 2. The minimum absolute atomic E-state index is 0.0355. The van der Waals surface area contributed by atoms with Gasteiger partial charge in [0.2, 0.25) is 5.95 Å². The van der Waals surface area contributed by atoms with Gasteiger partial charge in [0.25, 0.3) is 11.8 Å². The zero-order valence-electron chi connectivity index (χ0n) is 18.5. The number of aromatic nitrogens is 3. The van der Waals surface area contributed by atoms with Gasteiger partial charge < -0.3 is 15.5 Å². The summed E-state index contributed by atoms with van der Waals surface area (Å²) in [6, 6.07) is 8.28. The van der Waals surface area contributed by atoms with E-state index in [0.29, 0.717) is 15.8 Å². The number of fused-ring (bicyclic) bond motifs is 1. The minimum Gasteiger partial charge on any atom is -0.348 e. The molecule has 0 unspecified atom stereocenters. The second kappa shape index (κ2) is 9.34. The molecule has 0 bridgehead atoms. The molecule has 1 aromatic carbocycles. The van der Waals surface area contributed by atoms with Crippen LogP contribution in [0.25, 0.3) is 10.2 Å². The number of thiophene rings is 1. The normalized spacial score (nSPS) is 14.4. The first-order valence-corrected chi connectivity index (χ1v) is 11.7. The number of hydrogen-bond donors (Lipinski definition) is 2. The third kappa shape index (κ3) is 4.67.